The summed E-state index contributed by atoms with van der Waals surface area (Å²) in [6, 6.07) is 24.8. The van der Waals surface area contributed by atoms with E-state index in [0.29, 0.717) is 16.7 Å². The van der Waals surface area contributed by atoms with Gasteiger partial charge in [-0.05, 0) is 48.9 Å². The van der Waals surface area contributed by atoms with Gasteiger partial charge in [0.05, 0.1) is 10.6 Å². The molecule has 1 aromatic heterocycles. The molecule has 0 aliphatic rings. The van der Waals surface area contributed by atoms with Gasteiger partial charge in [-0.15, -0.1) is 0 Å². The van der Waals surface area contributed by atoms with Crippen LogP contribution in [0.1, 0.15) is 5.56 Å². The number of fused-ring (bicyclic) bond motifs is 1. The second kappa shape index (κ2) is 6.85. The Labute approximate surface area is 157 Å². The van der Waals surface area contributed by atoms with Crippen LogP contribution >= 0.6 is 0 Å². The minimum atomic E-state index is -3.78. The van der Waals surface area contributed by atoms with E-state index >= 15 is 0 Å². The predicted molar refractivity (Wildman–Crippen MR) is 105 cm³/mol. The first-order valence-electron chi connectivity index (χ1n) is 8.48. The molecule has 4 aromatic rings. The van der Waals surface area contributed by atoms with Crippen molar-refractivity contribution in [3.8, 4) is 0 Å². The summed E-state index contributed by atoms with van der Waals surface area (Å²) in [7, 11) is -3.78. The number of sulfone groups is 1. The highest BCUT2D eigenvalue weighted by atomic mass is 32.2. The van der Waals surface area contributed by atoms with E-state index in [9.17, 15) is 8.42 Å². The van der Waals surface area contributed by atoms with E-state index in [1.165, 1.54) is 0 Å². The molecule has 0 fully saturated rings. The Morgan fingerprint density at radius 3 is 2.33 bits per heavy atom. The van der Waals surface area contributed by atoms with Gasteiger partial charge >= 0.3 is 0 Å². The van der Waals surface area contributed by atoms with E-state index < -0.39 is 9.84 Å². The molecule has 0 bridgehead atoms. The summed E-state index contributed by atoms with van der Waals surface area (Å²) < 4.78 is 32.4. The Hall–Kier alpha value is -3.18. The van der Waals surface area contributed by atoms with Crippen molar-refractivity contribution >= 4 is 26.5 Å². The van der Waals surface area contributed by atoms with Gasteiger partial charge in [-0.25, -0.2) is 13.4 Å². The maximum absolute atomic E-state index is 13.2. The molecule has 4 nitrogen and oxygen atoms in total. The predicted octanol–water partition coefficient (Wildman–Crippen LogP) is 4.81. The van der Waals surface area contributed by atoms with E-state index in [-0.39, 0.29) is 15.3 Å². The molecule has 0 aliphatic heterocycles. The Kier molecular flexibility index (Phi) is 4.38. The maximum atomic E-state index is 13.2. The molecule has 4 rings (SSSR count). The maximum Gasteiger partial charge on any atom is 0.239 e. The van der Waals surface area contributed by atoms with Crippen molar-refractivity contribution in [3.63, 3.8) is 0 Å². The molecule has 5 heteroatoms. The Morgan fingerprint density at radius 2 is 1.56 bits per heavy atom. The molecular formula is C22H17NO3S. The van der Waals surface area contributed by atoms with Crippen molar-refractivity contribution in [2.75, 3.05) is 0 Å². The molecular weight excluding hydrogens is 358 g/mol. The van der Waals surface area contributed by atoms with Crippen LogP contribution in [-0.4, -0.2) is 8.42 Å². The summed E-state index contributed by atoms with van der Waals surface area (Å²) in [4.78, 5) is 4.75. The minimum absolute atomic E-state index is 0.0499. The summed E-state index contributed by atoms with van der Waals surface area (Å²) in [5, 5.41) is 0.704. The van der Waals surface area contributed by atoms with E-state index in [4.69, 9.17) is 4.42 Å². The summed E-state index contributed by atoms with van der Waals surface area (Å²) >= 11 is 0. The smallest absolute Gasteiger partial charge is 0.239 e. The van der Waals surface area contributed by atoms with Gasteiger partial charge in [0.25, 0.3) is 0 Å². The second-order valence-corrected chi connectivity index (χ2v) is 8.14. The number of para-hydroxylation sites is 1. The van der Waals surface area contributed by atoms with Crippen molar-refractivity contribution in [1.82, 2.24) is 0 Å². The topological polar surface area (TPSA) is 59.6 Å². The van der Waals surface area contributed by atoms with Crippen molar-refractivity contribution in [2.45, 2.75) is 16.7 Å². The fourth-order valence-electron chi connectivity index (χ4n) is 2.86. The Balaban J connectivity index is 2.04. The van der Waals surface area contributed by atoms with Crippen molar-refractivity contribution in [1.29, 1.82) is 0 Å². The third kappa shape index (κ3) is 3.41. The first kappa shape index (κ1) is 17.2. The molecule has 0 amide bonds. The van der Waals surface area contributed by atoms with E-state index in [0.717, 1.165) is 5.56 Å². The lowest BCUT2D eigenvalue weighted by molar-refractivity contribution is 0.517. The van der Waals surface area contributed by atoms with Crippen LogP contribution < -0.4 is 5.55 Å². The van der Waals surface area contributed by atoms with Gasteiger partial charge in [0.2, 0.25) is 15.4 Å². The molecule has 0 saturated heterocycles. The van der Waals surface area contributed by atoms with Crippen LogP contribution in [0.25, 0.3) is 11.0 Å². The monoisotopic (exact) mass is 375 g/mol. The molecule has 1 heterocycles. The quantitative estimate of drug-likeness (QED) is 0.516. The van der Waals surface area contributed by atoms with Gasteiger partial charge < -0.3 is 4.42 Å². The van der Waals surface area contributed by atoms with E-state index in [1.807, 2.05) is 49.4 Å². The average Bonchev–Trinajstić information content (AvgIpc) is 2.68. The normalized spacial score (nSPS) is 12.4. The highest BCUT2D eigenvalue weighted by molar-refractivity contribution is 7.91. The van der Waals surface area contributed by atoms with Gasteiger partial charge in [-0.1, -0.05) is 48.5 Å². The zero-order chi connectivity index (χ0) is 18.9. The minimum Gasteiger partial charge on any atom is -0.437 e. The number of aryl methyl sites for hydroxylation is 1. The van der Waals surface area contributed by atoms with Gasteiger partial charge in [0.1, 0.15) is 10.5 Å². The number of hydrogen-bond acceptors (Lipinski definition) is 4. The van der Waals surface area contributed by atoms with Crippen LogP contribution in [-0.2, 0) is 9.84 Å². The van der Waals surface area contributed by atoms with Crippen LogP contribution in [0.3, 0.4) is 0 Å². The highest BCUT2D eigenvalue weighted by Gasteiger charge is 2.22. The molecule has 0 radical (unpaired) electrons. The molecule has 27 heavy (non-hydrogen) atoms. The van der Waals surface area contributed by atoms with Crippen LogP contribution in [0.2, 0.25) is 0 Å². The third-order valence-electron chi connectivity index (χ3n) is 4.20. The van der Waals surface area contributed by atoms with Gasteiger partial charge in [0, 0.05) is 5.39 Å². The van der Waals surface area contributed by atoms with Crippen LogP contribution in [0.15, 0.2) is 104 Å². The van der Waals surface area contributed by atoms with Gasteiger partial charge in [0.15, 0.2) is 0 Å². The molecule has 0 atom stereocenters. The van der Waals surface area contributed by atoms with Crippen molar-refractivity contribution < 1.29 is 12.8 Å². The molecule has 134 valence electrons. The average molecular weight is 375 g/mol. The highest BCUT2D eigenvalue weighted by Crippen LogP contribution is 2.23. The lowest BCUT2D eigenvalue weighted by atomic mass is 10.2. The molecule has 0 N–H and O–H groups in total. The Morgan fingerprint density at radius 1 is 0.815 bits per heavy atom. The zero-order valence-electron chi connectivity index (χ0n) is 14.7. The zero-order valence-corrected chi connectivity index (χ0v) is 15.5. The number of hydrogen-bond donors (Lipinski definition) is 0. The van der Waals surface area contributed by atoms with Gasteiger partial charge in [-0.2, -0.15) is 0 Å². The SMILES string of the molecule is Cc1cccc(N=c2oc3ccccc3cc2S(=O)(=O)c2ccccc2)c1. The lowest BCUT2D eigenvalue weighted by Crippen LogP contribution is -2.15. The molecule has 0 saturated carbocycles. The summed E-state index contributed by atoms with van der Waals surface area (Å²) in [6.07, 6.45) is 0. The summed E-state index contributed by atoms with van der Waals surface area (Å²) in [5.74, 6) is 0. The Bertz CT molecular complexity index is 1290. The van der Waals surface area contributed by atoms with Crippen LogP contribution in [0.5, 0.6) is 0 Å². The molecule has 0 aliphatic carbocycles. The first-order chi connectivity index (χ1) is 13.0. The number of nitrogens with zero attached hydrogens (tertiary/aromatic N) is 1. The largest absolute Gasteiger partial charge is 0.437 e. The van der Waals surface area contributed by atoms with E-state index in [2.05, 4.69) is 4.99 Å². The van der Waals surface area contributed by atoms with Crippen molar-refractivity contribution in [2.24, 2.45) is 4.99 Å². The fraction of sp³-hybridized carbons (Fsp3) is 0.0455. The summed E-state index contributed by atoms with van der Waals surface area (Å²) in [6.45, 7) is 1.96. The number of rotatable bonds is 3. The standard InChI is InChI=1S/C22H17NO3S/c1-16-8-7-10-18(14-16)23-22-21(15-17-9-5-6-13-20(17)26-22)27(24,25)19-11-3-2-4-12-19/h2-15H,1H3. The van der Waals surface area contributed by atoms with Crippen molar-refractivity contribution in [3.05, 3.63) is 96.0 Å². The summed E-state index contributed by atoms with van der Waals surface area (Å²) in [5.41, 5.74) is 2.32. The lowest BCUT2D eigenvalue weighted by Gasteiger charge is -2.07. The van der Waals surface area contributed by atoms with Crippen LogP contribution in [0.4, 0.5) is 5.69 Å². The van der Waals surface area contributed by atoms with Gasteiger partial charge in [-0.3, -0.25) is 0 Å². The molecule has 0 spiro atoms. The van der Waals surface area contributed by atoms with Crippen LogP contribution in [0, 0.1) is 6.92 Å². The second-order valence-electron chi connectivity index (χ2n) is 6.22. The first-order valence-corrected chi connectivity index (χ1v) is 9.97. The fourth-order valence-corrected chi connectivity index (χ4v) is 4.23. The third-order valence-corrected chi connectivity index (χ3v) is 5.96. The number of benzene rings is 3. The van der Waals surface area contributed by atoms with E-state index in [1.54, 1.807) is 42.5 Å². The molecule has 3 aromatic carbocycles. The molecule has 0 unspecified atom stereocenters.